The van der Waals surface area contributed by atoms with E-state index in [2.05, 4.69) is 255 Å². The first-order valence-corrected chi connectivity index (χ1v) is 39.8. The minimum absolute atomic E-state index is 0. The van der Waals surface area contributed by atoms with Gasteiger partial charge in [-0.2, -0.15) is 0 Å². The third-order valence-corrected chi connectivity index (χ3v) is 24.3. The van der Waals surface area contributed by atoms with Crippen LogP contribution in [0.25, 0.3) is 22.3 Å². The Kier molecular flexibility index (Phi) is 28.4. The Morgan fingerprint density at radius 3 is 0.906 bits per heavy atom. The van der Waals surface area contributed by atoms with Gasteiger partial charge in [-0.3, -0.25) is 0 Å². The zero-order valence-electron chi connectivity index (χ0n) is 61.6. The predicted molar refractivity (Wildman–Crippen MR) is 424 cm³/mol. The Morgan fingerprint density at radius 2 is 0.615 bits per heavy atom. The van der Waals surface area contributed by atoms with E-state index in [0.717, 1.165) is 32.4 Å². The smallest absolute Gasteiger partial charge is 0.399 e. The second-order valence-corrected chi connectivity index (χ2v) is 33.0. The van der Waals surface area contributed by atoms with Crippen LogP contribution in [0.3, 0.4) is 0 Å². The normalized spacial score (nSPS) is 17.3. The number of nitrogens with zero attached hydrogens (tertiary/aromatic N) is 1. The molecule has 2 aliphatic heterocycles. The van der Waals surface area contributed by atoms with Gasteiger partial charge in [-0.15, -0.1) is 0 Å². The fraction of sp³-hybridized carbons (Fsp3) is 0.586. The van der Waals surface area contributed by atoms with Crippen LogP contribution in [0, 0.1) is 0 Å². The van der Waals surface area contributed by atoms with Crippen LogP contribution in [0.5, 0.6) is 0 Å². The first-order valence-electron chi connectivity index (χ1n) is 38.2. The van der Waals surface area contributed by atoms with E-state index in [4.69, 9.17) is 18.6 Å². The summed E-state index contributed by atoms with van der Waals surface area (Å²) in [4.78, 5) is 2.28. The Bertz CT molecular complexity index is 3110. The van der Waals surface area contributed by atoms with Crippen molar-refractivity contribution in [3.63, 3.8) is 0 Å². The van der Waals surface area contributed by atoms with Gasteiger partial charge in [-0.05, 0) is 227 Å². The minimum atomic E-state index is -0.389. The Balaban J connectivity index is 0.000000378. The van der Waals surface area contributed by atoms with Crippen LogP contribution in [0.1, 0.15) is 324 Å². The summed E-state index contributed by atoms with van der Waals surface area (Å²) >= 11 is 7.05. The molecule has 0 bridgehead atoms. The Morgan fingerprint density at radius 1 is 0.344 bits per heavy atom. The molecule has 0 aromatic heterocycles. The Labute approximate surface area is 603 Å². The first kappa shape index (κ1) is 77.8. The molecule has 522 valence electrons. The summed E-state index contributed by atoms with van der Waals surface area (Å²) in [5, 5.41) is 0. The minimum Gasteiger partial charge on any atom is -0.399 e. The largest absolute Gasteiger partial charge is 0.494 e. The zero-order valence-corrected chi connectivity index (χ0v) is 64.8. The molecule has 5 nitrogen and oxygen atoms in total. The number of unbranched alkanes of at least 4 members (excludes halogenated alkanes) is 20. The van der Waals surface area contributed by atoms with E-state index in [1.807, 2.05) is 0 Å². The average molecular weight is 1430 g/mol. The fourth-order valence-corrected chi connectivity index (χ4v) is 16.3. The van der Waals surface area contributed by atoms with Gasteiger partial charge in [0.15, 0.2) is 0 Å². The second kappa shape index (κ2) is 35.1. The molecule has 0 spiro atoms. The highest BCUT2D eigenvalue weighted by Gasteiger charge is 2.55. The molecule has 0 radical (unpaired) electrons. The summed E-state index contributed by atoms with van der Waals surface area (Å²) in [6.45, 7) is 31.4. The van der Waals surface area contributed by atoms with Crippen molar-refractivity contribution in [3.8, 4) is 22.3 Å². The van der Waals surface area contributed by atoms with Crippen LogP contribution in [-0.2, 0) is 29.4 Å². The number of halogens is 2. The van der Waals surface area contributed by atoms with Gasteiger partial charge >= 0.3 is 14.2 Å². The molecule has 2 fully saturated rings. The Hall–Kier alpha value is -3.95. The fourth-order valence-electron chi connectivity index (χ4n) is 15.7. The first-order chi connectivity index (χ1) is 45.6. The summed E-state index contributed by atoms with van der Waals surface area (Å²) in [5.74, 6) is 0.586. The van der Waals surface area contributed by atoms with Gasteiger partial charge < -0.3 is 23.5 Å². The maximum atomic E-state index is 6.82. The van der Waals surface area contributed by atoms with Crippen molar-refractivity contribution in [1.29, 1.82) is 0 Å². The standard InChI is InChI=1S/C64H100B2O4.C22H21Br2N.CH4/c1-13-17-21-25-29-33-41-63(42-34-30-26-22-18-14-2)55-45-49(65-67-59(5,6)60(7,8)68-65)37-39-51(55)53-48-58-54(47-57(53)63)52-40-38-50(66-69-61(9,10)62(11,12)70-66)46-56(52)64(58,43-35-31-27-23-19-15-3)44-36-32-28-24-20-16-4;1-3-16(2)17-4-10-20(11-5-17)25(21-12-6-18(23)7-13-21)22-14-8-19(24)9-15-22;/h37-40,45-48H,13-36,41-44H2,1-12H3;4-16H,3H2,1-2H3;1H4. The number of hydrogen-bond acceptors (Lipinski definition) is 5. The van der Waals surface area contributed by atoms with Crippen LogP contribution in [0.15, 0.2) is 130 Å². The highest BCUT2D eigenvalue weighted by Crippen LogP contribution is 2.61. The summed E-state index contributed by atoms with van der Waals surface area (Å²) in [5.41, 5.74) is 17.6. The molecule has 2 saturated heterocycles. The van der Waals surface area contributed by atoms with Gasteiger partial charge in [0, 0.05) is 36.8 Å². The molecule has 2 aliphatic carbocycles. The molecule has 6 aromatic rings. The van der Waals surface area contributed by atoms with Gasteiger partial charge in [0.1, 0.15) is 0 Å². The van der Waals surface area contributed by atoms with E-state index in [1.54, 1.807) is 11.1 Å². The number of benzene rings is 6. The quantitative estimate of drug-likeness (QED) is 0.0293. The van der Waals surface area contributed by atoms with Crippen LogP contribution in [0.4, 0.5) is 17.1 Å². The van der Waals surface area contributed by atoms with Gasteiger partial charge in [-0.25, -0.2) is 0 Å². The van der Waals surface area contributed by atoms with Crippen molar-refractivity contribution >= 4 is 74.1 Å². The third-order valence-electron chi connectivity index (χ3n) is 23.3. The summed E-state index contributed by atoms with van der Waals surface area (Å²) in [7, 11) is -0.755. The molecule has 0 N–H and O–H groups in total. The highest BCUT2D eigenvalue weighted by molar-refractivity contribution is 9.10. The molecule has 4 aliphatic rings. The van der Waals surface area contributed by atoms with E-state index in [0.29, 0.717) is 5.92 Å². The monoisotopic (exact) mass is 1430 g/mol. The van der Waals surface area contributed by atoms with Gasteiger partial charge in [0.05, 0.1) is 22.4 Å². The molecule has 2 heterocycles. The summed E-state index contributed by atoms with van der Waals surface area (Å²) < 4.78 is 29.5. The predicted octanol–water partition coefficient (Wildman–Crippen LogP) is 26.7. The van der Waals surface area contributed by atoms with Crippen molar-refractivity contribution in [2.24, 2.45) is 0 Å². The molecule has 6 aromatic carbocycles. The van der Waals surface area contributed by atoms with E-state index >= 15 is 0 Å². The van der Waals surface area contributed by atoms with Crippen molar-refractivity contribution < 1.29 is 18.6 Å². The van der Waals surface area contributed by atoms with Crippen molar-refractivity contribution in [2.75, 3.05) is 4.90 Å². The molecular weight excluding hydrogens is 1300 g/mol. The van der Waals surface area contributed by atoms with Crippen LogP contribution in [-0.4, -0.2) is 36.6 Å². The summed E-state index contributed by atoms with van der Waals surface area (Å²) in [6, 6.07) is 46.2. The maximum Gasteiger partial charge on any atom is 0.494 e. The van der Waals surface area contributed by atoms with Gasteiger partial charge in [-0.1, -0.05) is 283 Å². The van der Waals surface area contributed by atoms with E-state index < -0.39 is 0 Å². The second-order valence-electron chi connectivity index (χ2n) is 31.2. The van der Waals surface area contributed by atoms with E-state index in [-0.39, 0.29) is 54.9 Å². The van der Waals surface area contributed by atoms with Gasteiger partial charge in [0.25, 0.3) is 0 Å². The molecule has 0 saturated carbocycles. The molecule has 10 rings (SSSR count). The molecule has 0 amide bonds. The lowest BCUT2D eigenvalue weighted by Crippen LogP contribution is -2.41. The summed E-state index contributed by atoms with van der Waals surface area (Å²) in [6.07, 6.45) is 37.3. The zero-order chi connectivity index (χ0) is 68.0. The van der Waals surface area contributed by atoms with Gasteiger partial charge in [0.2, 0.25) is 0 Å². The van der Waals surface area contributed by atoms with E-state index in [1.165, 1.54) is 230 Å². The lowest BCUT2D eigenvalue weighted by Gasteiger charge is -2.35. The van der Waals surface area contributed by atoms with Crippen LogP contribution >= 0.6 is 31.9 Å². The van der Waals surface area contributed by atoms with Crippen molar-refractivity contribution in [2.45, 2.75) is 330 Å². The molecule has 1 unspecified atom stereocenters. The average Bonchev–Trinajstić information content (AvgIpc) is 1.53. The lowest BCUT2D eigenvalue weighted by molar-refractivity contribution is 0.00578. The number of fused-ring (bicyclic) bond motifs is 6. The number of rotatable bonds is 35. The van der Waals surface area contributed by atoms with Crippen molar-refractivity contribution in [1.82, 2.24) is 0 Å². The van der Waals surface area contributed by atoms with E-state index in [9.17, 15) is 0 Å². The molecule has 1 atom stereocenters. The highest BCUT2D eigenvalue weighted by atomic mass is 79.9. The number of hydrogen-bond donors (Lipinski definition) is 0. The topological polar surface area (TPSA) is 40.2 Å². The molecule has 96 heavy (non-hydrogen) atoms. The maximum absolute atomic E-state index is 6.82. The van der Waals surface area contributed by atoms with Crippen LogP contribution in [0.2, 0.25) is 0 Å². The third kappa shape index (κ3) is 17.8. The number of anilines is 3. The molecular formula is C87H125B2Br2NO4. The molecule has 9 heteroatoms. The lowest BCUT2D eigenvalue weighted by atomic mass is 9.67. The van der Waals surface area contributed by atoms with Crippen molar-refractivity contribution in [3.05, 3.63) is 158 Å². The SMILES string of the molecule is C.CCC(C)c1ccc(N(c2ccc(Br)cc2)c2ccc(Br)cc2)cc1.CCCCCCCCC1(CCCCCCCC)c2cc(B3OC(C)(C)C(C)(C)O3)ccc2-c2cc3c(cc21)-c1ccc(B2OC(C)(C)C(C)(C)O2)cc1C3(CCCCCCCC)CCCCCCCC. The van der Waals surface area contributed by atoms with Crippen LogP contribution < -0.4 is 15.8 Å².